The topological polar surface area (TPSA) is 80.7 Å². The van der Waals surface area contributed by atoms with E-state index in [4.69, 9.17) is 16.3 Å². The minimum Gasteiger partial charge on any atom is -0.449 e. The van der Waals surface area contributed by atoms with E-state index in [1.807, 2.05) is 13.8 Å². The maximum absolute atomic E-state index is 17.2. The molecule has 0 radical (unpaired) electrons. The van der Waals surface area contributed by atoms with Crippen LogP contribution in [0.4, 0.5) is 4.39 Å². The number of hydrogen-bond acceptors (Lipinski definition) is 6. The van der Waals surface area contributed by atoms with Crippen LogP contribution in [0.3, 0.4) is 0 Å². The van der Waals surface area contributed by atoms with Crippen molar-refractivity contribution in [3.63, 3.8) is 0 Å². The highest BCUT2D eigenvalue weighted by Crippen LogP contribution is 2.71. The molecule has 8 heteroatoms. The SMILES string of the molecule is CSCC(=O)O[C@]1(C(=O)CCl)[C@@H](C)C[C@H]2[C@@H]3CCC4=CC(=O)C=C[C@]4(C)[C@@]3(F)[C@@H](O)C[C@@]21C. The number of aliphatic hydroxyl groups is 1. The van der Waals surface area contributed by atoms with Crippen LogP contribution in [-0.2, 0) is 19.1 Å². The van der Waals surface area contributed by atoms with Crippen molar-refractivity contribution in [2.24, 2.45) is 28.6 Å². The summed E-state index contributed by atoms with van der Waals surface area (Å²) in [5, 5.41) is 11.4. The quantitative estimate of drug-likeness (QED) is 0.455. The average Bonchev–Trinajstić information content (AvgIpc) is 2.97. The van der Waals surface area contributed by atoms with Gasteiger partial charge < -0.3 is 9.84 Å². The van der Waals surface area contributed by atoms with E-state index in [9.17, 15) is 19.5 Å². The van der Waals surface area contributed by atoms with Crippen LogP contribution in [0.15, 0.2) is 23.8 Å². The second kappa shape index (κ2) is 8.20. The van der Waals surface area contributed by atoms with Crippen LogP contribution in [0.2, 0.25) is 0 Å². The minimum atomic E-state index is -2.00. The van der Waals surface area contributed by atoms with E-state index in [-0.39, 0.29) is 41.5 Å². The third-order valence-corrected chi connectivity index (χ3v) is 10.0. The van der Waals surface area contributed by atoms with Gasteiger partial charge in [-0.2, -0.15) is 11.8 Å². The largest absolute Gasteiger partial charge is 0.449 e. The Labute approximate surface area is 203 Å². The molecule has 0 heterocycles. The molecule has 3 fully saturated rings. The number of halogens is 2. The molecule has 0 amide bonds. The Bertz CT molecular complexity index is 951. The number of Topliss-reactive ketones (excluding diaryl/α,β-unsaturated/α-hetero) is 1. The summed E-state index contributed by atoms with van der Waals surface area (Å²) in [6.45, 7) is 5.48. The van der Waals surface area contributed by atoms with Gasteiger partial charge in [-0.3, -0.25) is 14.4 Å². The van der Waals surface area contributed by atoms with Crippen LogP contribution in [0.25, 0.3) is 0 Å². The van der Waals surface area contributed by atoms with Crippen molar-refractivity contribution >= 4 is 40.9 Å². The number of allylic oxidation sites excluding steroid dienone is 4. The standard InChI is InChI=1S/C25H32ClFO5S/c1-14-9-18-17-6-5-15-10-16(28)7-8-22(15,2)24(17,27)19(29)11-23(18,3)25(14,20(30)12-26)32-21(31)13-33-4/h7-8,10,14,17-19,29H,5-6,9,11-13H2,1-4H3/t14-,17-,18-,19-,22-,23-,24-,25-/m0/s1. The molecule has 4 rings (SSSR count). The lowest BCUT2D eigenvalue weighted by Gasteiger charge is -2.62. The molecular weight excluding hydrogens is 467 g/mol. The Morgan fingerprint density at radius 3 is 2.67 bits per heavy atom. The first-order valence-electron chi connectivity index (χ1n) is 11.5. The van der Waals surface area contributed by atoms with Gasteiger partial charge in [-0.15, -0.1) is 11.6 Å². The van der Waals surface area contributed by atoms with Gasteiger partial charge in [-0.1, -0.05) is 25.5 Å². The third kappa shape index (κ3) is 3.10. The van der Waals surface area contributed by atoms with Crippen molar-refractivity contribution in [2.45, 2.75) is 63.8 Å². The lowest BCUT2D eigenvalue weighted by Crippen LogP contribution is -2.70. The fourth-order valence-corrected chi connectivity index (χ4v) is 8.32. The summed E-state index contributed by atoms with van der Waals surface area (Å²) in [7, 11) is 0. The Balaban J connectivity index is 1.83. The van der Waals surface area contributed by atoms with Gasteiger partial charge in [0.2, 0.25) is 0 Å². The molecule has 0 bridgehead atoms. The molecule has 5 nitrogen and oxygen atoms in total. The molecule has 1 N–H and O–H groups in total. The lowest BCUT2D eigenvalue weighted by atomic mass is 9.44. The van der Waals surface area contributed by atoms with Gasteiger partial charge in [0.25, 0.3) is 0 Å². The molecule has 0 saturated heterocycles. The molecular formula is C25H32ClFO5S. The second-order valence-electron chi connectivity index (χ2n) is 10.6. The van der Waals surface area contributed by atoms with E-state index in [0.717, 1.165) is 0 Å². The predicted octanol–water partition coefficient (Wildman–Crippen LogP) is 4.06. The monoisotopic (exact) mass is 498 g/mol. The van der Waals surface area contributed by atoms with E-state index in [2.05, 4.69) is 0 Å². The van der Waals surface area contributed by atoms with Crippen molar-refractivity contribution in [1.82, 2.24) is 0 Å². The molecule has 0 unspecified atom stereocenters. The number of carbonyl (C=O) groups is 3. The molecule has 33 heavy (non-hydrogen) atoms. The summed E-state index contributed by atoms with van der Waals surface area (Å²) in [6.07, 6.45) is 6.32. The molecule has 4 aliphatic carbocycles. The zero-order valence-corrected chi connectivity index (χ0v) is 21.1. The summed E-state index contributed by atoms with van der Waals surface area (Å²) in [5.41, 5.74) is -4.87. The van der Waals surface area contributed by atoms with Crippen molar-refractivity contribution in [1.29, 1.82) is 0 Å². The molecule has 8 atom stereocenters. The summed E-state index contributed by atoms with van der Waals surface area (Å²) >= 11 is 7.34. The third-order valence-electron chi connectivity index (χ3n) is 9.25. The highest BCUT2D eigenvalue weighted by molar-refractivity contribution is 7.99. The number of fused-ring (bicyclic) bond motifs is 5. The van der Waals surface area contributed by atoms with E-state index in [1.165, 1.54) is 23.9 Å². The maximum Gasteiger partial charge on any atom is 0.316 e. The number of rotatable bonds is 5. The van der Waals surface area contributed by atoms with Crippen LogP contribution < -0.4 is 0 Å². The van der Waals surface area contributed by atoms with Gasteiger partial charge in [0.05, 0.1) is 17.7 Å². The summed E-state index contributed by atoms with van der Waals surface area (Å²) < 4.78 is 23.2. The average molecular weight is 499 g/mol. The maximum atomic E-state index is 17.2. The zero-order chi connectivity index (χ0) is 24.4. The van der Waals surface area contributed by atoms with Gasteiger partial charge in [-0.05, 0) is 56.9 Å². The summed E-state index contributed by atoms with van der Waals surface area (Å²) in [5.74, 6) is -2.51. The van der Waals surface area contributed by atoms with Crippen molar-refractivity contribution in [2.75, 3.05) is 17.9 Å². The van der Waals surface area contributed by atoms with Crippen LogP contribution in [-0.4, -0.2) is 57.9 Å². The van der Waals surface area contributed by atoms with Gasteiger partial charge in [-0.25, -0.2) is 4.39 Å². The van der Waals surface area contributed by atoms with Crippen molar-refractivity contribution < 1.29 is 28.6 Å². The molecule has 182 valence electrons. The normalized spacial score (nSPS) is 46.2. The van der Waals surface area contributed by atoms with Crippen LogP contribution in [0, 0.1) is 28.6 Å². The molecule has 3 saturated carbocycles. The highest BCUT2D eigenvalue weighted by atomic mass is 35.5. The summed E-state index contributed by atoms with van der Waals surface area (Å²) in [4.78, 5) is 38.0. The van der Waals surface area contributed by atoms with Gasteiger partial charge in [0.15, 0.2) is 22.8 Å². The number of ether oxygens (including phenoxy) is 1. The first-order chi connectivity index (χ1) is 15.4. The predicted molar refractivity (Wildman–Crippen MR) is 126 cm³/mol. The van der Waals surface area contributed by atoms with E-state index in [0.29, 0.717) is 24.8 Å². The van der Waals surface area contributed by atoms with Gasteiger partial charge >= 0.3 is 5.97 Å². The first kappa shape index (κ1) is 24.9. The van der Waals surface area contributed by atoms with Gasteiger partial charge in [0, 0.05) is 22.7 Å². The van der Waals surface area contributed by atoms with E-state index >= 15 is 4.39 Å². The van der Waals surface area contributed by atoms with Crippen LogP contribution >= 0.6 is 23.4 Å². The number of thioether (sulfide) groups is 1. The molecule has 4 aliphatic rings. The Morgan fingerprint density at radius 2 is 2.03 bits per heavy atom. The molecule has 0 aliphatic heterocycles. The number of hydrogen-bond donors (Lipinski definition) is 1. The minimum absolute atomic E-state index is 0.0329. The zero-order valence-electron chi connectivity index (χ0n) is 19.5. The fourth-order valence-electron chi connectivity index (χ4n) is 7.82. The van der Waals surface area contributed by atoms with Crippen molar-refractivity contribution in [3.05, 3.63) is 23.8 Å². The van der Waals surface area contributed by atoms with Crippen LogP contribution in [0.5, 0.6) is 0 Å². The second-order valence-corrected chi connectivity index (χ2v) is 11.7. The van der Waals surface area contributed by atoms with E-state index in [1.54, 1.807) is 19.3 Å². The number of aliphatic hydroxyl groups excluding tert-OH is 1. The molecule has 0 aromatic heterocycles. The summed E-state index contributed by atoms with van der Waals surface area (Å²) in [6, 6.07) is 0. The number of alkyl halides is 2. The molecule has 0 spiro atoms. The van der Waals surface area contributed by atoms with E-state index < -0.39 is 40.1 Å². The number of esters is 1. The van der Waals surface area contributed by atoms with Crippen LogP contribution in [0.1, 0.15) is 46.5 Å². The lowest BCUT2D eigenvalue weighted by molar-refractivity contribution is -0.226. The smallest absolute Gasteiger partial charge is 0.316 e. The number of carbonyl (C=O) groups excluding carboxylic acids is 3. The molecule has 0 aromatic rings. The number of ketones is 2. The Morgan fingerprint density at radius 1 is 1.33 bits per heavy atom. The Hall–Kier alpha value is -1.18. The Kier molecular flexibility index (Phi) is 6.19. The van der Waals surface area contributed by atoms with Crippen molar-refractivity contribution in [3.8, 4) is 0 Å². The van der Waals surface area contributed by atoms with Gasteiger partial charge in [0.1, 0.15) is 0 Å². The molecule has 0 aromatic carbocycles. The highest BCUT2D eigenvalue weighted by Gasteiger charge is 2.77. The first-order valence-corrected chi connectivity index (χ1v) is 13.5. The fraction of sp³-hybridized carbons (Fsp3) is 0.720.